The van der Waals surface area contributed by atoms with Crippen LogP contribution in [0.3, 0.4) is 0 Å². The van der Waals surface area contributed by atoms with E-state index in [1.54, 1.807) is 35.2 Å². The van der Waals surface area contributed by atoms with Gasteiger partial charge in [0.1, 0.15) is 5.82 Å². The Morgan fingerprint density at radius 2 is 1.69 bits per heavy atom. The van der Waals surface area contributed by atoms with Crippen molar-refractivity contribution in [1.29, 1.82) is 0 Å². The number of anilines is 2. The highest BCUT2D eigenvalue weighted by atomic mass is 35.5. The van der Waals surface area contributed by atoms with E-state index in [0.29, 0.717) is 21.8 Å². The standard InChI is InChI=1S/C28H31ClFN3O2/c1-18(2)19(3)33(28(35)20-9-8-10-22(30)15-20)17-21-16-23(13-14-26(21)32(4)5)31-27(34)24-11-6-7-12-25(24)29/h6-16,18-19H,17H2,1-5H3,(H,31,34)/t19-/m1/s1. The van der Waals surface area contributed by atoms with E-state index in [9.17, 15) is 14.0 Å². The van der Waals surface area contributed by atoms with Gasteiger partial charge in [-0.05, 0) is 66.9 Å². The average molecular weight is 496 g/mol. The van der Waals surface area contributed by atoms with Crippen LogP contribution in [0.1, 0.15) is 47.1 Å². The number of benzene rings is 3. The van der Waals surface area contributed by atoms with E-state index in [-0.39, 0.29) is 30.3 Å². The Morgan fingerprint density at radius 3 is 2.31 bits per heavy atom. The summed E-state index contributed by atoms with van der Waals surface area (Å²) in [5.74, 6) is -0.840. The number of hydrogen-bond acceptors (Lipinski definition) is 3. The number of carbonyl (C=O) groups is 2. The van der Waals surface area contributed by atoms with Crippen molar-refractivity contribution >= 4 is 34.8 Å². The highest BCUT2D eigenvalue weighted by molar-refractivity contribution is 6.34. The third-order valence-electron chi connectivity index (χ3n) is 6.07. The molecule has 0 radical (unpaired) electrons. The fraction of sp³-hybridized carbons (Fsp3) is 0.286. The summed E-state index contributed by atoms with van der Waals surface area (Å²) < 4.78 is 13.9. The Labute approximate surface area is 211 Å². The smallest absolute Gasteiger partial charge is 0.257 e. The van der Waals surface area contributed by atoms with E-state index < -0.39 is 5.82 Å². The maximum absolute atomic E-state index is 13.9. The first kappa shape index (κ1) is 26.2. The Hall–Kier alpha value is -3.38. The lowest BCUT2D eigenvalue weighted by atomic mass is 10.0. The van der Waals surface area contributed by atoms with Crippen LogP contribution in [0.15, 0.2) is 66.7 Å². The molecule has 184 valence electrons. The minimum atomic E-state index is -0.453. The van der Waals surface area contributed by atoms with Gasteiger partial charge in [0, 0.05) is 43.6 Å². The van der Waals surface area contributed by atoms with Crippen LogP contribution >= 0.6 is 11.6 Å². The van der Waals surface area contributed by atoms with Crippen molar-refractivity contribution in [1.82, 2.24) is 4.90 Å². The molecule has 2 amide bonds. The molecule has 0 spiro atoms. The molecule has 0 fully saturated rings. The molecule has 0 saturated carbocycles. The molecule has 3 rings (SSSR count). The number of hydrogen-bond donors (Lipinski definition) is 1. The molecule has 3 aromatic carbocycles. The van der Waals surface area contributed by atoms with Gasteiger partial charge in [0.2, 0.25) is 0 Å². The van der Waals surface area contributed by atoms with Crippen molar-refractivity contribution in [2.24, 2.45) is 5.92 Å². The first-order valence-corrected chi connectivity index (χ1v) is 11.9. The minimum Gasteiger partial charge on any atom is -0.377 e. The largest absolute Gasteiger partial charge is 0.377 e. The predicted molar refractivity (Wildman–Crippen MR) is 141 cm³/mol. The topological polar surface area (TPSA) is 52.7 Å². The molecule has 3 aromatic rings. The van der Waals surface area contributed by atoms with Crippen molar-refractivity contribution in [3.63, 3.8) is 0 Å². The molecule has 0 aromatic heterocycles. The van der Waals surface area contributed by atoms with Crippen LogP contribution in [0.25, 0.3) is 0 Å². The molecule has 0 aliphatic rings. The monoisotopic (exact) mass is 495 g/mol. The molecule has 35 heavy (non-hydrogen) atoms. The van der Waals surface area contributed by atoms with Crippen molar-refractivity contribution in [2.45, 2.75) is 33.4 Å². The Balaban J connectivity index is 1.97. The summed E-state index contributed by atoms with van der Waals surface area (Å²) in [5.41, 5.74) is 3.03. The van der Waals surface area contributed by atoms with Gasteiger partial charge in [-0.2, -0.15) is 0 Å². The number of rotatable bonds is 8. The fourth-order valence-corrected chi connectivity index (χ4v) is 4.02. The summed E-state index contributed by atoms with van der Waals surface area (Å²) >= 11 is 6.18. The molecule has 7 heteroatoms. The van der Waals surface area contributed by atoms with E-state index in [0.717, 1.165) is 11.3 Å². The summed E-state index contributed by atoms with van der Waals surface area (Å²) in [7, 11) is 3.84. The molecule has 0 aliphatic heterocycles. The zero-order valence-corrected chi connectivity index (χ0v) is 21.4. The first-order chi connectivity index (χ1) is 16.6. The van der Waals surface area contributed by atoms with Crippen LogP contribution in [-0.4, -0.2) is 36.9 Å². The molecular formula is C28H31ClFN3O2. The highest BCUT2D eigenvalue weighted by Gasteiger charge is 2.26. The third kappa shape index (κ3) is 6.40. The van der Waals surface area contributed by atoms with E-state index in [4.69, 9.17) is 11.6 Å². The lowest BCUT2D eigenvalue weighted by molar-refractivity contribution is 0.0627. The Bertz CT molecular complexity index is 1210. The van der Waals surface area contributed by atoms with Crippen molar-refractivity contribution in [3.05, 3.63) is 94.3 Å². The van der Waals surface area contributed by atoms with Gasteiger partial charge < -0.3 is 15.1 Å². The lowest BCUT2D eigenvalue weighted by Gasteiger charge is -2.33. The molecule has 5 nitrogen and oxygen atoms in total. The van der Waals surface area contributed by atoms with Crippen LogP contribution in [0, 0.1) is 11.7 Å². The second-order valence-electron chi connectivity index (χ2n) is 9.10. The minimum absolute atomic E-state index is 0.109. The third-order valence-corrected chi connectivity index (χ3v) is 6.40. The van der Waals surface area contributed by atoms with E-state index in [1.807, 2.05) is 58.0 Å². The van der Waals surface area contributed by atoms with Crippen LogP contribution in [0.2, 0.25) is 5.02 Å². The normalized spacial score (nSPS) is 11.8. The van der Waals surface area contributed by atoms with Crippen LogP contribution in [0.4, 0.5) is 15.8 Å². The summed E-state index contributed by atoms with van der Waals surface area (Å²) in [6.07, 6.45) is 0. The van der Waals surface area contributed by atoms with Gasteiger partial charge in [0.25, 0.3) is 11.8 Å². The van der Waals surface area contributed by atoms with E-state index >= 15 is 0 Å². The number of carbonyl (C=O) groups excluding carboxylic acids is 2. The van der Waals surface area contributed by atoms with Gasteiger partial charge >= 0.3 is 0 Å². The van der Waals surface area contributed by atoms with Gasteiger partial charge in [0.05, 0.1) is 10.6 Å². The summed E-state index contributed by atoms with van der Waals surface area (Å²) in [5, 5.41) is 3.27. The lowest BCUT2D eigenvalue weighted by Crippen LogP contribution is -2.41. The molecule has 0 aliphatic carbocycles. The number of nitrogens with zero attached hydrogens (tertiary/aromatic N) is 2. The van der Waals surface area contributed by atoms with Gasteiger partial charge in [-0.25, -0.2) is 4.39 Å². The zero-order chi connectivity index (χ0) is 25.7. The van der Waals surface area contributed by atoms with Crippen molar-refractivity contribution < 1.29 is 14.0 Å². The Morgan fingerprint density at radius 1 is 0.971 bits per heavy atom. The highest BCUT2D eigenvalue weighted by Crippen LogP contribution is 2.28. The molecule has 0 unspecified atom stereocenters. The van der Waals surface area contributed by atoms with Crippen LogP contribution < -0.4 is 10.2 Å². The predicted octanol–water partition coefficient (Wildman–Crippen LogP) is 6.48. The molecule has 1 N–H and O–H groups in total. The van der Waals surface area contributed by atoms with E-state index in [1.165, 1.54) is 18.2 Å². The maximum Gasteiger partial charge on any atom is 0.257 e. The maximum atomic E-state index is 13.9. The van der Waals surface area contributed by atoms with Crippen LogP contribution in [-0.2, 0) is 6.54 Å². The Kier molecular flexibility index (Phi) is 8.52. The first-order valence-electron chi connectivity index (χ1n) is 11.5. The second-order valence-corrected chi connectivity index (χ2v) is 9.51. The summed E-state index contributed by atoms with van der Waals surface area (Å²) in [4.78, 5) is 30.0. The van der Waals surface area contributed by atoms with E-state index in [2.05, 4.69) is 5.32 Å². The molecular weight excluding hydrogens is 465 g/mol. The molecule has 1 atom stereocenters. The molecule has 0 heterocycles. The van der Waals surface area contributed by atoms with Crippen LogP contribution in [0.5, 0.6) is 0 Å². The van der Waals surface area contributed by atoms with Crippen molar-refractivity contribution in [2.75, 3.05) is 24.3 Å². The van der Waals surface area contributed by atoms with Gasteiger partial charge in [-0.3, -0.25) is 9.59 Å². The number of amides is 2. The van der Waals surface area contributed by atoms with Gasteiger partial charge in [-0.15, -0.1) is 0 Å². The molecule has 0 bridgehead atoms. The second kappa shape index (κ2) is 11.4. The SMILES string of the molecule is CC(C)[C@@H](C)N(Cc1cc(NC(=O)c2ccccc2Cl)ccc1N(C)C)C(=O)c1cccc(F)c1. The fourth-order valence-electron chi connectivity index (χ4n) is 3.80. The zero-order valence-electron chi connectivity index (χ0n) is 20.7. The average Bonchev–Trinajstić information content (AvgIpc) is 2.81. The van der Waals surface area contributed by atoms with Gasteiger partial charge in [0.15, 0.2) is 0 Å². The van der Waals surface area contributed by atoms with Gasteiger partial charge in [-0.1, -0.05) is 43.6 Å². The summed E-state index contributed by atoms with van der Waals surface area (Å²) in [6, 6.07) is 18.1. The van der Waals surface area contributed by atoms with Crippen molar-refractivity contribution in [3.8, 4) is 0 Å². The summed E-state index contributed by atoms with van der Waals surface area (Å²) in [6.45, 7) is 6.37. The number of halogens is 2. The quantitative estimate of drug-likeness (QED) is 0.389. The molecule has 0 saturated heterocycles. The number of nitrogens with one attached hydrogen (secondary N) is 1.